The van der Waals surface area contributed by atoms with Crippen LogP contribution in [0.1, 0.15) is 23.7 Å². The summed E-state index contributed by atoms with van der Waals surface area (Å²) in [5, 5.41) is 20.4. The highest BCUT2D eigenvalue weighted by molar-refractivity contribution is 5.70. The number of carbonyl (C=O) groups is 1. The summed E-state index contributed by atoms with van der Waals surface area (Å²) in [5.74, 6) is -0.566. The van der Waals surface area contributed by atoms with Gasteiger partial charge in [0.15, 0.2) is 0 Å². The van der Waals surface area contributed by atoms with Crippen LogP contribution in [0.3, 0.4) is 0 Å². The molecule has 1 aromatic rings. The molecule has 0 amide bonds. The second kappa shape index (κ2) is 5.40. The van der Waals surface area contributed by atoms with Gasteiger partial charge in [0.1, 0.15) is 0 Å². The van der Waals surface area contributed by atoms with Gasteiger partial charge in [-0.3, -0.25) is 14.9 Å². The Bertz CT molecular complexity index is 443. The third-order valence-electron chi connectivity index (χ3n) is 2.42. The van der Waals surface area contributed by atoms with Gasteiger partial charge in [-0.1, -0.05) is 6.07 Å². The quantitative estimate of drug-likeness (QED) is 0.488. The van der Waals surface area contributed by atoms with Crippen molar-refractivity contribution >= 4 is 11.7 Å². The third-order valence-corrected chi connectivity index (χ3v) is 2.42. The fourth-order valence-corrected chi connectivity index (χ4v) is 1.45. The van der Waals surface area contributed by atoms with E-state index in [9.17, 15) is 20.0 Å². The molecule has 17 heavy (non-hydrogen) atoms. The second-order valence-corrected chi connectivity index (χ2v) is 3.59. The lowest BCUT2D eigenvalue weighted by Crippen LogP contribution is -2.09. The van der Waals surface area contributed by atoms with Gasteiger partial charge < -0.3 is 9.84 Å². The van der Waals surface area contributed by atoms with Gasteiger partial charge in [0, 0.05) is 12.1 Å². The standard InChI is InChI=1S/C11H13NO5/c1-7-3-4-8(12(15)16)5-9(7)10(13)6-11(14)17-2/h3-5,10,13H,6H2,1-2H3/t10-/m0/s1. The largest absolute Gasteiger partial charge is 0.469 e. The predicted octanol–water partition coefficient (Wildman–Crippen LogP) is 1.50. The van der Waals surface area contributed by atoms with E-state index in [0.29, 0.717) is 11.1 Å². The van der Waals surface area contributed by atoms with E-state index >= 15 is 0 Å². The van der Waals surface area contributed by atoms with Crippen LogP contribution >= 0.6 is 0 Å². The molecule has 0 fully saturated rings. The summed E-state index contributed by atoms with van der Waals surface area (Å²) in [6, 6.07) is 4.15. The molecule has 0 spiro atoms. The molecule has 0 saturated carbocycles. The van der Waals surface area contributed by atoms with Crippen molar-refractivity contribution in [2.75, 3.05) is 7.11 Å². The molecule has 1 atom stereocenters. The first-order valence-corrected chi connectivity index (χ1v) is 4.95. The molecule has 0 aromatic heterocycles. The van der Waals surface area contributed by atoms with Crippen LogP contribution in [0.2, 0.25) is 0 Å². The van der Waals surface area contributed by atoms with Crippen LogP contribution in [0, 0.1) is 17.0 Å². The maximum absolute atomic E-state index is 11.0. The molecule has 0 unspecified atom stereocenters. The summed E-state index contributed by atoms with van der Waals surface area (Å²) >= 11 is 0. The van der Waals surface area contributed by atoms with E-state index in [0.717, 1.165) is 0 Å². The summed E-state index contributed by atoms with van der Waals surface area (Å²) in [6.07, 6.45) is -1.32. The number of hydrogen-bond acceptors (Lipinski definition) is 5. The van der Waals surface area contributed by atoms with Gasteiger partial charge in [-0.05, 0) is 18.1 Å². The highest BCUT2D eigenvalue weighted by Gasteiger charge is 2.18. The van der Waals surface area contributed by atoms with Crippen molar-refractivity contribution in [1.82, 2.24) is 0 Å². The Kier molecular flexibility index (Phi) is 4.17. The van der Waals surface area contributed by atoms with Gasteiger partial charge in [0.2, 0.25) is 0 Å². The monoisotopic (exact) mass is 239 g/mol. The minimum atomic E-state index is -1.10. The number of carbonyl (C=O) groups excluding carboxylic acids is 1. The Morgan fingerprint density at radius 3 is 2.76 bits per heavy atom. The maximum Gasteiger partial charge on any atom is 0.308 e. The molecular formula is C11H13NO5. The van der Waals surface area contributed by atoms with Crippen molar-refractivity contribution in [3.8, 4) is 0 Å². The van der Waals surface area contributed by atoms with Crippen molar-refractivity contribution in [1.29, 1.82) is 0 Å². The normalized spacial score (nSPS) is 11.9. The van der Waals surface area contributed by atoms with Crippen LogP contribution in [0.25, 0.3) is 0 Å². The Morgan fingerprint density at radius 1 is 1.59 bits per heavy atom. The fraction of sp³-hybridized carbons (Fsp3) is 0.364. The lowest BCUT2D eigenvalue weighted by atomic mass is 10.0. The Morgan fingerprint density at radius 2 is 2.24 bits per heavy atom. The van der Waals surface area contributed by atoms with Gasteiger partial charge in [0.25, 0.3) is 5.69 Å². The van der Waals surface area contributed by atoms with E-state index in [1.165, 1.54) is 25.3 Å². The van der Waals surface area contributed by atoms with Crippen molar-refractivity contribution in [2.24, 2.45) is 0 Å². The molecule has 6 nitrogen and oxygen atoms in total. The highest BCUT2D eigenvalue weighted by Crippen LogP contribution is 2.25. The first kappa shape index (κ1) is 13.1. The van der Waals surface area contributed by atoms with Crippen molar-refractivity contribution in [2.45, 2.75) is 19.4 Å². The van der Waals surface area contributed by atoms with Gasteiger partial charge in [-0.25, -0.2) is 0 Å². The van der Waals surface area contributed by atoms with Crippen LogP contribution < -0.4 is 0 Å². The Hall–Kier alpha value is -1.95. The molecule has 0 aliphatic rings. The minimum Gasteiger partial charge on any atom is -0.469 e. The zero-order valence-electron chi connectivity index (χ0n) is 9.54. The number of aliphatic hydroxyl groups is 1. The van der Waals surface area contributed by atoms with Crippen molar-refractivity contribution in [3.05, 3.63) is 39.4 Å². The average molecular weight is 239 g/mol. The summed E-state index contributed by atoms with van der Waals surface area (Å²) in [4.78, 5) is 21.1. The minimum absolute atomic E-state index is 0.116. The number of methoxy groups -OCH3 is 1. The number of esters is 1. The summed E-state index contributed by atoms with van der Waals surface area (Å²) in [5.41, 5.74) is 0.936. The Balaban J connectivity index is 2.99. The third kappa shape index (κ3) is 3.25. The van der Waals surface area contributed by atoms with E-state index < -0.39 is 17.0 Å². The van der Waals surface area contributed by atoms with Crippen molar-refractivity contribution in [3.63, 3.8) is 0 Å². The molecule has 1 rings (SSSR count). The zero-order chi connectivity index (χ0) is 13.0. The molecule has 92 valence electrons. The van der Waals surface area contributed by atoms with Crippen LogP contribution in [0.5, 0.6) is 0 Å². The summed E-state index contributed by atoms with van der Waals surface area (Å²) in [7, 11) is 1.22. The van der Waals surface area contributed by atoms with Gasteiger partial charge in [-0.2, -0.15) is 0 Å². The van der Waals surface area contributed by atoms with E-state index in [1.54, 1.807) is 6.92 Å². The topological polar surface area (TPSA) is 89.7 Å². The molecule has 1 N–H and O–H groups in total. The number of nitro groups is 1. The fourth-order valence-electron chi connectivity index (χ4n) is 1.45. The molecule has 0 bridgehead atoms. The number of rotatable bonds is 4. The van der Waals surface area contributed by atoms with Crippen LogP contribution in [-0.2, 0) is 9.53 Å². The molecule has 0 heterocycles. The van der Waals surface area contributed by atoms with Gasteiger partial charge in [0.05, 0.1) is 24.6 Å². The van der Waals surface area contributed by atoms with Crippen molar-refractivity contribution < 1.29 is 19.6 Å². The molecule has 0 aliphatic carbocycles. The Labute approximate surface area is 98.0 Å². The van der Waals surface area contributed by atoms with Crippen LogP contribution in [0.15, 0.2) is 18.2 Å². The number of benzene rings is 1. The van der Waals surface area contributed by atoms with E-state index in [1.807, 2.05) is 0 Å². The zero-order valence-corrected chi connectivity index (χ0v) is 9.54. The van der Waals surface area contributed by atoms with E-state index in [-0.39, 0.29) is 12.1 Å². The number of aliphatic hydroxyl groups excluding tert-OH is 1. The molecule has 0 radical (unpaired) electrons. The molecule has 6 heteroatoms. The SMILES string of the molecule is COC(=O)C[C@H](O)c1cc([N+](=O)[O-])ccc1C. The highest BCUT2D eigenvalue weighted by atomic mass is 16.6. The lowest BCUT2D eigenvalue weighted by Gasteiger charge is -2.12. The number of hydrogen-bond donors (Lipinski definition) is 1. The maximum atomic E-state index is 11.0. The predicted molar refractivity (Wildman–Crippen MR) is 59.4 cm³/mol. The smallest absolute Gasteiger partial charge is 0.308 e. The first-order valence-electron chi connectivity index (χ1n) is 4.95. The first-order chi connectivity index (χ1) is 7.95. The van der Waals surface area contributed by atoms with Crippen LogP contribution in [0.4, 0.5) is 5.69 Å². The molecule has 0 saturated heterocycles. The summed E-state index contributed by atoms with van der Waals surface area (Å²) < 4.78 is 4.43. The van der Waals surface area contributed by atoms with Crippen LogP contribution in [-0.4, -0.2) is 23.1 Å². The lowest BCUT2D eigenvalue weighted by molar-refractivity contribution is -0.385. The average Bonchev–Trinajstić information content (AvgIpc) is 2.28. The summed E-state index contributed by atoms with van der Waals surface area (Å²) in [6.45, 7) is 1.71. The second-order valence-electron chi connectivity index (χ2n) is 3.59. The number of non-ortho nitro benzene ring substituents is 1. The molecular weight excluding hydrogens is 226 g/mol. The van der Waals surface area contributed by atoms with E-state index in [4.69, 9.17) is 0 Å². The number of aryl methyl sites for hydroxylation is 1. The molecule has 1 aromatic carbocycles. The number of nitro benzene ring substituents is 1. The van der Waals surface area contributed by atoms with E-state index in [2.05, 4.69) is 4.74 Å². The van der Waals surface area contributed by atoms with Gasteiger partial charge in [-0.15, -0.1) is 0 Å². The van der Waals surface area contributed by atoms with Gasteiger partial charge >= 0.3 is 5.97 Å². The molecule has 0 aliphatic heterocycles. The number of ether oxygens (including phenoxy) is 1. The number of nitrogens with zero attached hydrogens (tertiary/aromatic N) is 1.